The minimum Gasteiger partial charge on any atom is -0.465 e. The van der Waals surface area contributed by atoms with Gasteiger partial charge in [-0.15, -0.1) is 22.7 Å². The highest BCUT2D eigenvalue weighted by Crippen LogP contribution is 2.32. The average Bonchev–Trinajstić information content (AvgIpc) is 3.72. The first-order chi connectivity index (χ1) is 23.5. The van der Waals surface area contributed by atoms with Crippen LogP contribution in [0.2, 0.25) is 0 Å². The van der Waals surface area contributed by atoms with Gasteiger partial charge in [0.2, 0.25) is 0 Å². The van der Waals surface area contributed by atoms with Crippen LogP contribution in [-0.2, 0) is 21.3 Å². The number of thiophene rings is 2. The lowest BCUT2D eigenvalue weighted by Crippen LogP contribution is -2.14. The molecule has 0 fully saturated rings. The summed E-state index contributed by atoms with van der Waals surface area (Å²) in [5, 5.41) is 5.71. The van der Waals surface area contributed by atoms with Crippen LogP contribution in [0, 0.1) is 13.8 Å². The van der Waals surface area contributed by atoms with Crippen molar-refractivity contribution >= 4 is 81.1 Å². The smallest absolute Gasteiger partial charge is 0.351 e. The van der Waals surface area contributed by atoms with E-state index < -0.39 is 23.2 Å². The predicted molar refractivity (Wildman–Crippen MR) is 200 cm³/mol. The minimum atomic E-state index is -0.686. The number of rotatable bonds is 7. The standard InChI is InChI=1S/C18H17NO4S.C10H9NO4S.C8H9Br/c1-11-4-6-12(7-5-11)10-19(2)16-9-14-15(24-16)8-13(17(20)22-3)18(21)23-14;1-11-8-4-6-7(16-8)3-5(9(12)14-2)10(13)15-6;1-7-2-4-8(6-9)5-3-7/h4-9H,10H2,1-3H3;3-4,11H,1-2H3;2-5H,6H2,1H3. The molecular formula is C36H35BrN2O8S2. The number of nitrogens with one attached hydrogen (secondary N) is 1. The molecule has 6 rings (SSSR count). The van der Waals surface area contributed by atoms with E-state index in [9.17, 15) is 19.2 Å². The predicted octanol–water partition coefficient (Wildman–Crippen LogP) is 8.16. The van der Waals surface area contributed by atoms with E-state index >= 15 is 0 Å². The number of anilines is 2. The molecule has 0 amide bonds. The van der Waals surface area contributed by atoms with E-state index in [0.29, 0.717) is 11.2 Å². The normalized spacial score (nSPS) is 10.4. The molecule has 2 aromatic carbocycles. The molecule has 0 radical (unpaired) electrons. The van der Waals surface area contributed by atoms with Crippen LogP contribution < -0.4 is 21.5 Å². The molecule has 0 atom stereocenters. The fourth-order valence-electron chi connectivity index (χ4n) is 4.35. The molecule has 49 heavy (non-hydrogen) atoms. The van der Waals surface area contributed by atoms with Crippen molar-refractivity contribution in [1.82, 2.24) is 0 Å². The maximum absolute atomic E-state index is 11.9. The van der Waals surface area contributed by atoms with Crippen LogP contribution in [0.1, 0.15) is 43.0 Å². The Balaban J connectivity index is 0.000000185. The Hall–Kier alpha value is -4.72. The fraction of sp³-hybridized carbons (Fsp3) is 0.222. The molecular weight excluding hydrogens is 732 g/mol. The number of fused-ring (bicyclic) bond motifs is 2. The Morgan fingerprint density at radius 3 is 1.69 bits per heavy atom. The number of alkyl halides is 1. The second kappa shape index (κ2) is 17.1. The summed E-state index contributed by atoms with van der Waals surface area (Å²) in [6, 6.07) is 23.4. The van der Waals surface area contributed by atoms with Gasteiger partial charge in [0, 0.05) is 38.1 Å². The summed E-state index contributed by atoms with van der Waals surface area (Å²) in [5.74, 6) is -1.37. The lowest BCUT2D eigenvalue weighted by Gasteiger charge is -2.16. The number of carbonyl (C=O) groups excluding carboxylic acids is 2. The molecule has 0 aliphatic rings. The number of nitrogens with zero attached hydrogens (tertiary/aromatic N) is 1. The largest absolute Gasteiger partial charge is 0.465 e. The second-order valence-electron chi connectivity index (χ2n) is 10.7. The third-order valence-electron chi connectivity index (χ3n) is 7.08. The molecule has 0 aliphatic heterocycles. The van der Waals surface area contributed by atoms with Crippen LogP contribution in [-0.4, -0.2) is 40.3 Å². The first-order valence-corrected chi connectivity index (χ1v) is 17.6. The molecule has 0 aliphatic carbocycles. The summed E-state index contributed by atoms with van der Waals surface area (Å²) in [5.41, 5.74) is 4.48. The van der Waals surface area contributed by atoms with E-state index in [2.05, 4.69) is 98.0 Å². The van der Waals surface area contributed by atoms with Gasteiger partial charge < -0.3 is 28.5 Å². The number of carbonyl (C=O) groups is 2. The van der Waals surface area contributed by atoms with Gasteiger partial charge >= 0.3 is 23.2 Å². The van der Waals surface area contributed by atoms with E-state index in [1.54, 1.807) is 13.1 Å². The Kier molecular flexibility index (Phi) is 12.9. The number of ether oxygens (including phenoxy) is 2. The summed E-state index contributed by atoms with van der Waals surface area (Å²) in [6.07, 6.45) is 0. The molecule has 4 aromatic heterocycles. The topological polar surface area (TPSA) is 128 Å². The van der Waals surface area contributed by atoms with Gasteiger partial charge in [0.1, 0.15) is 11.1 Å². The van der Waals surface area contributed by atoms with Crippen molar-refractivity contribution in [3.63, 3.8) is 0 Å². The van der Waals surface area contributed by atoms with Crippen molar-refractivity contribution in [2.24, 2.45) is 0 Å². The van der Waals surface area contributed by atoms with Gasteiger partial charge in [0.05, 0.1) is 33.6 Å². The SMILES string of the molecule is CNc1cc2oc(=O)c(C(=O)OC)cc2s1.COC(=O)c1cc2sc(N(C)Cc3ccc(C)cc3)cc2oc1=O.Cc1ccc(CBr)cc1. The summed E-state index contributed by atoms with van der Waals surface area (Å²) < 4.78 is 20.8. The number of hydrogen-bond acceptors (Lipinski definition) is 12. The maximum atomic E-state index is 11.9. The van der Waals surface area contributed by atoms with Crippen LogP contribution in [0.3, 0.4) is 0 Å². The lowest BCUT2D eigenvalue weighted by atomic mass is 10.1. The maximum Gasteiger partial charge on any atom is 0.351 e. The van der Waals surface area contributed by atoms with Crippen molar-refractivity contribution in [2.75, 3.05) is 38.5 Å². The molecule has 1 N–H and O–H groups in total. The zero-order valence-electron chi connectivity index (χ0n) is 27.8. The molecule has 4 heterocycles. The Labute approximate surface area is 299 Å². The van der Waals surface area contributed by atoms with Gasteiger partial charge in [-0.2, -0.15) is 0 Å². The van der Waals surface area contributed by atoms with Crippen molar-refractivity contribution in [1.29, 1.82) is 0 Å². The fourth-order valence-corrected chi connectivity index (χ4v) is 6.60. The highest BCUT2D eigenvalue weighted by molar-refractivity contribution is 9.08. The molecule has 6 aromatic rings. The number of aryl methyl sites for hydroxylation is 2. The van der Waals surface area contributed by atoms with Crippen LogP contribution in [0.15, 0.2) is 91.2 Å². The Morgan fingerprint density at radius 2 is 1.22 bits per heavy atom. The average molecular weight is 768 g/mol. The van der Waals surface area contributed by atoms with Gasteiger partial charge in [-0.1, -0.05) is 75.6 Å². The van der Waals surface area contributed by atoms with Crippen molar-refractivity contribution in [2.45, 2.75) is 25.7 Å². The summed E-state index contributed by atoms with van der Waals surface area (Å²) in [6.45, 7) is 4.89. The van der Waals surface area contributed by atoms with Crippen molar-refractivity contribution < 1.29 is 27.9 Å². The first-order valence-electron chi connectivity index (χ1n) is 14.8. The Bertz CT molecular complexity index is 2170. The highest BCUT2D eigenvalue weighted by Gasteiger charge is 2.17. The molecule has 0 spiro atoms. The first kappa shape index (κ1) is 37.1. The van der Waals surface area contributed by atoms with Crippen molar-refractivity contribution in [3.05, 3.63) is 127 Å². The Morgan fingerprint density at radius 1 is 0.755 bits per heavy atom. The van der Waals surface area contributed by atoms with E-state index in [0.717, 1.165) is 31.3 Å². The van der Waals surface area contributed by atoms with Crippen LogP contribution in [0.25, 0.3) is 20.6 Å². The minimum absolute atomic E-state index is 0.0837. The number of esters is 2. The number of halogens is 1. The second-order valence-corrected chi connectivity index (χ2v) is 13.4. The molecule has 256 valence electrons. The zero-order valence-corrected chi connectivity index (χ0v) is 31.0. The molecule has 0 saturated heterocycles. The van der Waals surface area contributed by atoms with Crippen molar-refractivity contribution in [3.8, 4) is 0 Å². The third-order valence-corrected chi connectivity index (χ3v) is 9.99. The lowest BCUT2D eigenvalue weighted by molar-refractivity contribution is 0.0587. The van der Waals surface area contributed by atoms with E-state index in [4.69, 9.17) is 8.83 Å². The summed E-state index contributed by atoms with van der Waals surface area (Å²) >= 11 is 6.24. The molecule has 10 nitrogen and oxygen atoms in total. The van der Waals surface area contributed by atoms with Crippen LogP contribution in [0.4, 0.5) is 10.0 Å². The third kappa shape index (κ3) is 9.68. The number of benzene rings is 2. The molecule has 0 unspecified atom stereocenters. The quantitative estimate of drug-likeness (QED) is 0.126. The number of hydrogen-bond donors (Lipinski definition) is 1. The molecule has 13 heteroatoms. The van der Waals surface area contributed by atoms with Crippen LogP contribution in [0.5, 0.6) is 0 Å². The van der Waals surface area contributed by atoms with E-state index in [1.165, 1.54) is 71.3 Å². The van der Waals surface area contributed by atoms with E-state index in [-0.39, 0.29) is 11.1 Å². The number of methoxy groups -OCH3 is 2. The van der Waals surface area contributed by atoms with Gasteiger partial charge in [-0.05, 0) is 37.1 Å². The molecule has 0 bridgehead atoms. The zero-order chi connectivity index (χ0) is 35.7. The highest BCUT2D eigenvalue weighted by atomic mass is 79.9. The summed E-state index contributed by atoms with van der Waals surface area (Å²) in [7, 11) is 6.20. The molecule has 0 saturated carbocycles. The van der Waals surface area contributed by atoms with E-state index in [1.807, 2.05) is 13.1 Å². The van der Waals surface area contributed by atoms with Gasteiger partial charge in [-0.3, -0.25) is 0 Å². The monoisotopic (exact) mass is 766 g/mol. The van der Waals surface area contributed by atoms with Gasteiger partial charge in [0.25, 0.3) is 0 Å². The van der Waals surface area contributed by atoms with Gasteiger partial charge in [0.15, 0.2) is 11.2 Å². The summed E-state index contributed by atoms with van der Waals surface area (Å²) in [4.78, 5) is 48.2. The van der Waals surface area contributed by atoms with Gasteiger partial charge in [-0.25, -0.2) is 19.2 Å². The van der Waals surface area contributed by atoms with Crippen LogP contribution >= 0.6 is 38.6 Å².